The van der Waals surface area contributed by atoms with E-state index in [-0.39, 0.29) is 26.4 Å². The molecule has 5 aromatic rings. The molecule has 5 rings (SSSR count). The first kappa shape index (κ1) is 40.8. The second kappa shape index (κ2) is 19.3. The van der Waals surface area contributed by atoms with Gasteiger partial charge in [-0.05, 0) is 54.5 Å². The van der Waals surface area contributed by atoms with Crippen molar-refractivity contribution in [3.05, 3.63) is 163 Å². The Morgan fingerprint density at radius 3 is 0.981 bits per heavy atom. The molecule has 0 saturated heterocycles. The fourth-order valence-corrected chi connectivity index (χ4v) is 23.2. The first-order chi connectivity index (χ1) is 25.8. The number of benzene rings is 5. The summed E-state index contributed by atoms with van der Waals surface area (Å²) < 4.78 is 65.3. The van der Waals surface area contributed by atoms with Crippen LogP contribution in [-0.2, 0) is 27.2 Å². The van der Waals surface area contributed by atoms with Gasteiger partial charge in [-0.25, -0.2) is 9.13 Å². The van der Waals surface area contributed by atoms with E-state index in [9.17, 15) is 0 Å². The molecule has 0 atom stereocenters. The smallest absolute Gasteiger partial charge is 0.291 e. The summed E-state index contributed by atoms with van der Waals surface area (Å²) in [7, 11) is -15.2. The average Bonchev–Trinajstić information content (AvgIpc) is 3.19. The Hall–Kier alpha value is -3.40. The zero-order valence-electron chi connectivity index (χ0n) is 30.6. The zero-order chi connectivity index (χ0) is 37.6. The van der Waals surface area contributed by atoms with Gasteiger partial charge in [0.25, 0.3) is 0 Å². The lowest BCUT2D eigenvalue weighted by atomic mass is 10.2. The lowest BCUT2D eigenvalue weighted by Crippen LogP contribution is -2.32. The van der Waals surface area contributed by atoms with Crippen LogP contribution in [-0.4, -0.2) is 31.8 Å². The second-order valence-corrected chi connectivity index (χ2v) is 22.3. The van der Waals surface area contributed by atoms with Crippen LogP contribution in [0.15, 0.2) is 167 Å². The van der Waals surface area contributed by atoms with Crippen LogP contribution in [0.5, 0.6) is 0 Å². The molecule has 53 heavy (non-hydrogen) atoms. The Morgan fingerprint density at radius 2 is 0.717 bits per heavy atom. The molecule has 0 aliphatic heterocycles. The molecule has 0 spiro atoms. The van der Waals surface area contributed by atoms with Gasteiger partial charge in [0.1, 0.15) is 0 Å². The lowest BCUT2D eigenvalue weighted by molar-refractivity contribution is 0.220. The van der Waals surface area contributed by atoms with Gasteiger partial charge >= 0.3 is 15.5 Å². The average molecular weight is 789 g/mol. The summed E-state index contributed by atoms with van der Waals surface area (Å²) in [6.45, 7) is 7.56. The normalized spacial score (nSPS) is 12.6. The summed E-state index contributed by atoms with van der Waals surface area (Å²) in [6, 6.07) is 49.6. The fraction of sp³-hybridized carbons (Fsp3) is 0.220. The van der Waals surface area contributed by atoms with Crippen molar-refractivity contribution in [3.8, 4) is 0 Å². The van der Waals surface area contributed by atoms with Crippen LogP contribution in [0, 0.1) is 0 Å². The van der Waals surface area contributed by atoms with E-state index >= 15 is 9.13 Å². The third-order valence-electron chi connectivity index (χ3n) is 8.30. The molecule has 0 saturated carbocycles. The molecule has 0 N–H and O–H groups in total. The van der Waals surface area contributed by atoms with Gasteiger partial charge in [-0.1, -0.05) is 164 Å². The van der Waals surface area contributed by atoms with Gasteiger partial charge in [-0.15, -0.1) is 0 Å². The lowest BCUT2D eigenvalue weighted by Gasteiger charge is -2.42. The molecule has 12 heteroatoms. The van der Waals surface area contributed by atoms with Gasteiger partial charge in [0, 0.05) is 0 Å². The third-order valence-corrected chi connectivity index (χ3v) is 22.9. The van der Waals surface area contributed by atoms with E-state index in [0.717, 1.165) is 26.8 Å². The summed E-state index contributed by atoms with van der Waals surface area (Å²) in [6.07, 6.45) is 4.17. The van der Waals surface area contributed by atoms with E-state index in [1.54, 1.807) is 27.7 Å². The molecule has 0 fully saturated rings. The Bertz CT molecular complexity index is 1880. The van der Waals surface area contributed by atoms with E-state index < -0.39 is 35.0 Å². The summed E-state index contributed by atoms with van der Waals surface area (Å²) >= 11 is 0. The third kappa shape index (κ3) is 9.46. The van der Waals surface area contributed by atoms with Gasteiger partial charge in [-0.3, -0.25) is 18.1 Å². The topological polar surface area (TPSA) is 95.8 Å². The van der Waals surface area contributed by atoms with Crippen molar-refractivity contribution in [2.45, 2.75) is 33.1 Å². The van der Waals surface area contributed by atoms with E-state index in [0.29, 0.717) is 0 Å². The Balaban J connectivity index is 2.17. The van der Waals surface area contributed by atoms with Crippen molar-refractivity contribution in [2.75, 3.05) is 26.4 Å². The Kier molecular flexibility index (Phi) is 14.8. The monoisotopic (exact) mass is 788 g/mol. The van der Waals surface area contributed by atoms with Gasteiger partial charge in [0.05, 0.1) is 45.9 Å². The molecular formula is C41H48N2O6P4. The SMILES string of the molecule is CCOP(=O)(N=P(c1ccccc1)(c1ccccc1)C(/C=C/c1ccccc1)P(=NP(=O)(OCC)OCC)(c1ccccc1)c1ccccc1)OCC. The molecule has 8 nitrogen and oxygen atoms in total. The van der Waals surface area contributed by atoms with Gasteiger partial charge in [0.15, 0.2) is 0 Å². The van der Waals surface area contributed by atoms with E-state index in [1.165, 1.54) is 0 Å². The zero-order valence-corrected chi connectivity index (χ0v) is 34.2. The highest BCUT2D eigenvalue weighted by Gasteiger charge is 2.49. The van der Waals surface area contributed by atoms with Crippen LogP contribution >= 0.6 is 29.6 Å². The first-order valence-electron chi connectivity index (χ1n) is 17.8. The minimum atomic E-state index is -4.17. The van der Waals surface area contributed by atoms with Crippen molar-refractivity contribution >= 4 is 56.9 Å². The molecule has 0 aliphatic rings. The predicted molar refractivity (Wildman–Crippen MR) is 224 cm³/mol. The highest BCUT2D eigenvalue weighted by molar-refractivity contribution is 7.99. The Morgan fingerprint density at radius 1 is 0.453 bits per heavy atom. The molecule has 0 aromatic heterocycles. The maximum atomic E-state index is 15.1. The predicted octanol–water partition coefficient (Wildman–Crippen LogP) is 11.1. The van der Waals surface area contributed by atoms with Crippen LogP contribution in [0.4, 0.5) is 0 Å². The molecule has 0 radical (unpaired) electrons. The molecule has 0 bridgehead atoms. The fourth-order valence-electron chi connectivity index (χ4n) is 6.27. The van der Waals surface area contributed by atoms with Crippen molar-refractivity contribution in [2.24, 2.45) is 9.03 Å². The molecular weight excluding hydrogens is 740 g/mol. The van der Waals surface area contributed by atoms with Gasteiger partial charge in [0.2, 0.25) is 0 Å². The maximum Gasteiger partial charge on any atom is 0.453 e. The number of hydrogen-bond donors (Lipinski definition) is 0. The van der Waals surface area contributed by atoms with Crippen LogP contribution in [0.25, 0.3) is 6.08 Å². The molecule has 5 aromatic carbocycles. The van der Waals surface area contributed by atoms with Gasteiger partial charge in [-0.2, -0.15) is 9.03 Å². The van der Waals surface area contributed by atoms with Crippen molar-refractivity contribution in [1.82, 2.24) is 0 Å². The number of allylic oxidation sites excluding steroid dienone is 1. The molecule has 0 aliphatic carbocycles. The molecule has 0 unspecified atom stereocenters. The van der Waals surface area contributed by atoms with Gasteiger partial charge < -0.3 is 0 Å². The summed E-state index contributed by atoms with van der Waals surface area (Å²) in [5.41, 5.74) is 0.937. The van der Waals surface area contributed by atoms with Crippen molar-refractivity contribution < 1.29 is 27.2 Å². The summed E-state index contributed by atoms with van der Waals surface area (Å²) in [5, 5.41) is 2.57. The maximum absolute atomic E-state index is 15.1. The highest BCUT2D eigenvalue weighted by Crippen LogP contribution is 2.76. The number of nitrogens with zero attached hydrogens (tertiary/aromatic N) is 2. The van der Waals surface area contributed by atoms with Crippen LogP contribution in [0.1, 0.15) is 33.3 Å². The highest BCUT2D eigenvalue weighted by atomic mass is 31.3. The quantitative estimate of drug-likeness (QED) is 0.0821. The van der Waals surface area contributed by atoms with Crippen LogP contribution < -0.4 is 21.2 Å². The minimum Gasteiger partial charge on any atom is -0.291 e. The standard InChI is InChI=1S/C41H48N2O6P4/c1-5-46-52(44,47-6-2)42-50(37-26-16-10-17-27-37,38-28-18-11-19-29-38)41(35-34-36-24-14-9-15-25-36)51(39-30-20-12-21-31-39,40-32-22-13-23-33-40)43-53(45,48-7-3)49-8-4/h9-35,41H,5-8H2,1-4H3/b35-34+. The van der Waals surface area contributed by atoms with E-state index in [1.807, 2.05) is 152 Å². The molecule has 0 amide bonds. The van der Waals surface area contributed by atoms with Crippen LogP contribution in [0.2, 0.25) is 0 Å². The number of hydrogen-bond acceptors (Lipinski definition) is 6. The molecule has 0 heterocycles. The van der Waals surface area contributed by atoms with Crippen LogP contribution in [0.3, 0.4) is 0 Å². The van der Waals surface area contributed by atoms with E-state index in [2.05, 4.69) is 12.2 Å². The Labute approximate surface area is 314 Å². The minimum absolute atomic E-state index is 0.112. The second-order valence-electron chi connectivity index (χ2n) is 11.7. The number of rotatable bonds is 18. The van der Waals surface area contributed by atoms with E-state index in [4.69, 9.17) is 27.1 Å². The first-order valence-corrected chi connectivity index (χ1v) is 24.4. The largest absolute Gasteiger partial charge is 0.453 e. The summed E-state index contributed by atoms with van der Waals surface area (Å²) in [4.78, 5) is 0. The van der Waals surface area contributed by atoms with Crippen molar-refractivity contribution in [1.29, 1.82) is 0 Å². The molecule has 278 valence electrons. The van der Waals surface area contributed by atoms with Crippen molar-refractivity contribution in [3.63, 3.8) is 0 Å². The summed E-state index contributed by atoms with van der Waals surface area (Å²) in [5.74, 6) is 0.